The molecule has 0 rings (SSSR count). The summed E-state index contributed by atoms with van der Waals surface area (Å²) in [4.78, 5) is 2.41. The Bertz CT molecular complexity index is 146. The lowest BCUT2D eigenvalue weighted by molar-refractivity contribution is 0.300. The Hall–Kier alpha value is -0.350. The third kappa shape index (κ3) is 7.09. The summed E-state index contributed by atoms with van der Waals surface area (Å²) in [6.45, 7) is 11.7. The van der Waals surface area contributed by atoms with Crippen molar-refractivity contribution in [1.82, 2.24) is 15.5 Å². The first-order chi connectivity index (χ1) is 6.74. The molecular weight excluding hydrogens is 194 g/mol. The normalized spacial score (nSPS) is 10.3. The minimum Gasteiger partial charge on any atom is -0.363 e. The summed E-state index contributed by atoms with van der Waals surface area (Å²) in [5, 5.41) is 7.02. The fraction of sp³-hybridized carbons (Fsp3) is 0.900. The van der Waals surface area contributed by atoms with E-state index in [1.165, 1.54) is 0 Å². The van der Waals surface area contributed by atoms with Crippen LogP contribution in [-0.4, -0.2) is 42.7 Å². The number of hydrogen-bond donors (Lipinski definition) is 2. The molecule has 0 spiro atoms. The first kappa shape index (κ1) is 13.7. The van der Waals surface area contributed by atoms with Crippen LogP contribution in [0.3, 0.4) is 0 Å². The fourth-order valence-corrected chi connectivity index (χ4v) is 1.51. The number of nitrogens with one attached hydrogen (secondary N) is 2. The van der Waals surface area contributed by atoms with Crippen LogP contribution in [-0.2, 0) is 0 Å². The second-order valence-electron chi connectivity index (χ2n) is 3.17. The topological polar surface area (TPSA) is 27.3 Å². The highest BCUT2D eigenvalue weighted by Gasteiger charge is 1.98. The summed E-state index contributed by atoms with van der Waals surface area (Å²) in [7, 11) is 0. The van der Waals surface area contributed by atoms with Gasteiger partial charge < -0.3 is 15.5 Å². The Morgan fingerprint density at radius 2 is 1.79 bits per heavy atom. The molecule has 0 bridgehead atoms. The van der Waals surface area contributed by atoms with Crippen molar-refractivity contribution in [2.75, 3.05) is 32.7 Å². The van der Waals surface area contributed by atoms with Crippen LogP contribution in [0, 0.1) is 0 Å². The van der Waals surface area contributed by atoms with Gasteiger partial charge in [-0.1, -0.05) is 13.8 Å². The van der Waals surface area contributed by atoms with Gasteiger partial charge >= 0.3 is 0 Å². The van der Waals surface area contributed by atoms with Gasteiger partial charge in [0.2, 0.25) is 0 Å². The lowest BCUT2D eigenvalue weighted by Crippen LogP contribution is -2.36. The molecule has 0 aromatic carbocycles. The van der Waals surface area contributed by atoms with E-state index in [-0.39, 0.29) is 0 Å². The maximum Gasteiger partial charge on any atom is 0.166 e. The molecule has 0 aromatic heterocycles. The highest BCUT2D eigenvalue weighted by molar-refractivity contribution is 7.80. The molecule has 14 heavy (non-hydrogen) atoms. The molecule has 0 aliphatic carbocycles. The summed E-state index contributed by atoms with van der Waals surface area (Å²) in [5.41, 5.74) is 0. The van der Waals surface area contributed by atoms with Gasteiger partial charge in [0.15, 0.2) is 5.11 Å². The third-order valence-electron chi connectivity index (χ3n) is 2.17. The van der Waals surface area contributed by atoms with Crippen molar-refractivity contribution < 1.29 is 0 Å². The van der Waals surface area contributed by atoms with Gasteiger partial charge in [0.05, 0.1) is 0 Å². The molecule has 0 radical (unpaired) electrons. The Kier molecular flexibility index (Phi) is 8.98. The predicted octanol–water partition coefficient (Wildman–Crippen LogP) is 1.20. The molecule has 0 saturated carbocycles. The van der Waals surface area contributed by atoms with Gasteiger partial charge in [0, 0.05) is 13.1 Å². The van der Waals surface area contributed by atoms with Crippen LogP contribution in [0.15, 0.2) is 0 Å². The van der Waals surface area contributed by atoms with Crippen LogP contribution < -0.4 is 10.6 Å². The number of nitrogens with zero attached hydrogens (tertiary/aromatic N) is 1. The molecular formula is C10H23N3S. The third-order valence-corrected chi connectivity index (χ3v) is 2.46. The molecule has 84 valence electrons. The van der Waals surface area contributed by atoms with Crippen LogP contribution >= 0.6 is 12.2 Å². The quantitative estimate of drug-likeness (QED) is 0.495. The summed E-state index contributed by atoms with van der Waals surface area (Å²) in [6.07, 6.45) is 1.15. The SMILES string of the molecule is CCNC(=S)NCCCN(CC)CC. The summed E-state index contributed by atoms with van der Waals surface area (Å²) < 4.78 is 0. The van der Waals surface area contributed by atoms with Crippen molar-refractivity contribution in [3.05, 3.63) is 0 Å². The lowest BCUT2D eigenvalue weighted by Gasteiger charge is -2.18. The van der Waals surface area contributed by atoms with Crippen molar-refractivity contribution >= 4 is 17.3 Å². The van der Waals surface area contributed by atoms with E-state index in [0.717, 1.165) is 44.3 Å². The zero-order valence-electron chi connectivity index (χ0n) is 9.60. The maximum absolute atomic E-state index is 5.05. The minimum absolute atomic E-state index is 0.770. The first-order valence-electron chi connectivity index (χ1n) is 5.48. The van der Waals surface area contributed by atoms with Crippen LogP contribution in [0.4, 0.5) is 0 Å². The van der Waals surface area contributed by atoms with Gasteiger partial charge in [-0.3, -0.25) is 0 Å². The molecule has 0 aromatic rings. The Morgan fingerprint density at radius 1 is 1.14 bits per heavy atom. The zero-order chi connectivity index (χ0) is 10.8. The summed E-state index contributed by atoms with van der Waals surface area (Å²) >= 11 is 5.05. The van der Waals surface area contributed by atoms with E-state index < -0.39 is 0 Å². The van der Waals surface area contributed by atoms with E-state index in [1.54, 1.807) is 0 Å². The smallest absolute Gasteiger partial charge is 0.166 e. The van der Waals surface area contributed by atoms with E-state index in [0.29, 0.717) is 0 Å². The Morgan fingerprint density at radius 3 is 2.29 bits per heavy atom. The summed E-state index contributed by atoms with van der Waals surface area (Å²) in [5.74, 6) is 0. The van der Waals surface area contributed by atoms with Crippen LogP contribution in [0.2, 0.25) is 0 Å². The predicted molar refractivity (Wildman–Crippen MR) is 66.7 cm³/mol. The maximum atomic E-state index is 5.05. The molecule has 0 amide bonds. The Labute approximate surface area is 93.2 Å². The lowest BCUT2D eigenvalue weighted by atomic mass is 10.3. The van der Waals surface area contributed by atoms with Crippen LogP contribution in [0.25, 0.3) is 0 Å². The van der Waals surface area contributed by atoms with Gasteiger partial charge in [-0.2, -0.15) is 0 Å². The highest BCUT2D eigenvalue weighted by atomic mass is 32.1. The van der Waals surface area contributed by atoms with E-state index in [1.807, 2.05) is 6.92 Å². The van der Waals surface area contributed by atoms with Crippen molar-refractivity contribution in [2.24, 2.45) is 0 Å². The number of rotatable bonds is 7. The van der Waals surface area contributed by atoms with Crippen LogP contribution in [0.5, 0.6) is 0 Å². The number of hydrogen-bond acceptors (Lipinski definition) is 2. The van der Waals surface area contributed by atoms with Gasteiger partial charge in [-0.25, -0.2) is 0 Å². The monoisotopic (exact) mass is 217 g/mol. The molecule has 0 aliphatic heterocycles. The van der Waals surface area contributed by atoms with Crippen LogP contribution in [0.1, 0.15) is 27.2 Å². The Balaban J connectivity index is 3.32. The summed E-state index contributed by atoms with van der Waals surface area (Å²) in [6, 6.07) is 0. The first-order valence-corrected chi connectivity index (χ1v) is 5.89. The second kappa shape index (κ2) is 9.21. The average molecular weight is 217 g/mol. The van der Waals surface area contributed by atoms with E-state index in [4.69, 9.17) is 12.2 Å². The molecule has 0 atom stereocenters. The molecule has 3 nitrogen and oxygen atoms in total. The van der Waals surface area contributed by atoms with E-state index in [2.05, 4.69) is 29.4 Å². The van der Waals surface area contributed by atoms with Crippen molar-refractivity contribution in [1.29, 1.82) is 0 Å². The average Bonchev–Trinajstić information content (AvgIpc) is 2.19. The second-order valence-corrected chi connectivity index (χ2v) is 3.57. The fourth-order valence-electron chi connectivity index (χ4n) is 1.27. The molecule has 0 heterocycles. The van der Waals surface area contributed by atoms with Gasteiger partial charge in [0.1, 0.15) is 0 Å². The molecule has 2 N–H and O–H groups in total. The zero-order valence-corrected chi connectivity index (χ0v) is 10.4. The van der Waals surface area contributed by atoms with Gasteiger partial charge in [0.25, 0.3) is 0 Å². The van der Waals surface area contributed by atoms with E-state index >= 15 is 0 Å². The number of thiocarbonyl (C=S) groups is 1. The molecule has 0 saturated heterocycles. The van der Waals surface area contributed by atoms with Crippen molar-refractivity contribution in [2.45, 2.75) is 27.2 Å². The standard InChI is InChI=1S/C10H23N3S/c1-4-11-10(14)12-8-7-9-13(5-2)6-3/h4-9H2,1-3H3,(H2,11,12,14). The van der Waals surface area contributed by atoms with Crippen molar-refractivity contribution in [3.63, 3.8) is 0 Å². The van der Waals surface area contributed by atoms with Gasteiger partial charge in [-0.05, 0) is 45.2 Å². The van der Waals surface area contributed by atoms with Gasteiger partial charge in [-0.15, -0.1) is 0 Å². The molecule has 4 heteroatoms. The molecule has 0 aliphatic rings. The van der Waals surface area contributed by atoms with Crippen molar-refractivity contribution in [3.8, 4) is 0 Å². The molecule has 0 fully saturated rings. The largest absolute Gasteiger partial charge is 0.363 e. The highest BCUT2D eigenvalue weighted by Crippen LogP contribution is 1.88. The minimum atomic E-state index is 0.770. The molecule has 0 unspecified atom stereocenters. The van der Waals surface area contributed by atoms with E-state index in [9.17, 15) is 0 Å².